The third-order valence-electron chi connectivity index (χ3n) is 3.26. The van der Waals surface area contributed by atoms with Gasteiger partial charge in [-0.15, -0.1) is 0 Å². The molecule has 0 radical (unpaired) electrons. The summed E-state index contributed by atoms with van der Waals surface area (Å²) in [6, 6.07) is 7.25. The molecule has 2 atom stereocenters. The zero-order chi connectivity index (χ0) is 15.3. The van der Waals surface area contributed by atoms with Gasteiger partial charge in [-0.05, 0) is 19.1 Å². The molecule has 0 aliphatic carbocycles. The topological polar surface area (TPSA) is 76.4 Å². The number of hydrogen-bond donors (Lipinski definition) is 2. The largest absolute Gasteiger partial charge is 0.389 e. The number of aliphatic hydroxyl groups excluding tert-OH is 1. The molecule has 5 nitrogen and oxygen atoms in total. The third-order valence-corrected chi connectivity index (χ3v) is 3.26. The molecule has 0 saturated carbocycles. The van der Waals surface area contributed by atoms with E-state index in [1.54, 1.807) is 32.2 Å². The first-order valence-electron chi connectivity index (χ1n) is 6.55. The van der Waals surface area contributed by atoms with E-state index in [1.807, 2.05) is 18.9 Å². The van der Waals surface area contributed by atoms with Gasteiger partial charge in [0.2, 0.25) is 5.91 Å². The van der Waals surface area contributed by atoms with Gasteiger partial charge in [-0.25, -0.2) is 0 Å². The van der Waals surface area contributed by atoms with Crippen molar-refractivity contribution in [3.63, 3.8) is 0 Å². The average Bonchev–Trinajstić information content (AvgIpc) is 2.45. The molecule has 0 fully saturated rings. The Morgan fingerprint density at radius 1 is 1.50 bits per heavy atom. The zero-order valence-electron chi connectivity index (χ0n) is 12.3. The monoisotopic (exact) mass is 275 g/mol. The van der Waals surface area contributed by atoms with Crippen LogP contribution in [0.15, 0.2) is 18.2 Å². The lowest BCUT2D eigenvalue weighted by atomic mass is 10.0. The number of carbonyl (C=O) groups excluding carboxylic acids is 1. The Labute approximate surface area is 119 Å². The molecule has 1 aromatic rings. The summed E-state index contributed by atoms with van der Waals surface area (Å²) in [7, 11) is 3.46. The molecule has 0 aliphatic rings. The fraction of sp³-hybridized carbons (Fsp3) is 0.467. The highest BCUT2D eigenvalue weighted by Crippen LogP contribution is 2.27. The second-order valence-electron chi connectivity index (χ2n) is 4.96. The fourth-order valence-corrected chi connectivity index (χ4v) is 2.14. The van der Waals surface area contributed by atoms with E-state index in [4.69, 9.17) is 5.26 Å². The Balaban J connectivity index is 3.04. The molecular weight excluding hydrogens is 254 g/mol. The molecule has 0 bridgehead atoms. The highest BCUT2D eigenvalue weighted by atomic mass is 16.3. The molecule has 0 aliphatic heterocycles. The predicted molar refractivity (Wildman–Crippen MR) is 78.3 cm³/mol. The molecule has 0 spiro atoms. The molecule has 0 heterocycles. The Kier molecular flexibility index (Phi) is 5.53. The van der Waals surface area contributed by atoms with Gasteiger partial charge < -0.3 is 15.3 Å². The number of aliphatic hydroxyl groups is 1. The van der Waals surface area contributed by atoms with Gasteiger partial charge >= 0.3 is 0 Å². The summed E-state index contributed by atoms with van der Waals surface area (Å²) in [5.74, 6) is -0.218. The lowest BCUT2D eigenvalue weighted by Crippen LogP contribution is -2.34. The highest BCUT2D eigenvalue weighted by molar-refractivity contribution is 5.78. The Bertz CT molecular complexity index is 520. The van der Waals surface area contributed by atoms with E-state index in [2.05, 4.69) is 11.4 Å². The van der Waals surface area contributed by atoms with Crippen LogP contribution in [0.2, 0.25) is 0 Å². The molecule has 0 saturated heterocycles. The van der Waals surface area contributed by atoms with Crippen molar-refractivity contribution in [2.24, 2.45) is 5.92 Å². The fourth-order valence-electron chi connectivity index (χ4n) is 2.14. The molecule has 108 valence electrons. The van der Waals surface area contributed by atoms with Gasteiger partial charge in [0.1, 0.15) is 0 Å². The summed E-state index contributed by atoms with van der Waals surface area (Å²) in [5, 5.41) is 21.4. The van der Waals surface area contributed by atoms with E-state index in [0.29, 0.717) is 12.1 Å². The van der Waals surface area contributed by atoms with Crippen molar-refractivity contribution in [2.45, 2.75) is 20.0 Å². The summed E-state index contributed by atoms with van der Waals surface area (Å²) >= 11 is 0. The minimum absolute atomic E-state index is 0.0353. The summed E-state index contributed by atoms with van der Waals surface area (Å²) in [5.41, 5.74) is 2.05. The van der Waals surface area contributed by atoms with Crippen LogP contribution in [-0.4, -0.2) is 31.7 Å². The van der Waals surface area contributed by atoms with Crippen molar-refractivity contribution in [1.82, 2.24) is 5.32 Å². The predicted octanol–water partition coefficient (Wildman–Crippen LogP) is 1.43. The number of rotatable bonds is 5. The van der Waals surface area contributed by atoms with E-state index in [9.17, 15) is 9.90 Å². The van der Waals surface area contributed by atoms with Crippen molar-refractivity contribution in [3.8, 4) is 6.07 Å². The van der Waals surface area contributed by atoms with E-state index in [0.717, 1.165) is 11.3 Å². The van der Waals surface area contributed by atoms with Crippen LogP contribution in [0, 0.1) is 17.2 Å². The van der Waals surface area contributed by atoms with Crippen LogP contribution >= 0.6 is 0 Å². The van der Waals surface area contributed by atoms with Crippen LogP contribution in [-0.2, 0) is 4.79 Å². The van der Waals surface area contributed by atoms with Crippen LogP contribution in [0.3, 0.4) is 0 Å². The number of nitrogens with one attached hydrogen (secondary N) is 1. The summed E-state index contributed by atoms with van der Waals surface area (Å²) < 4.78 is 0. The number of amides is 1. The van der Waals surface area contributed by atoms with Crippen LogP contribution in [0.1, 0.15) is 31.1 Å². The van der Waals surface area contributed by atoms with Gasteiger partial charge in [-0.2, -0.15) is 5.26 Å². The third kappa shape index (κ3) is 3.72. The number of carbonyl (C=O) groups is 1. The van der Waals surface area contributed by atoms with Gasteiger partial charge in [0.05, 0.1) is 23.7 Å². The van der Waals surface area contributed by atoms with E-state index in [-0.39, 0.29) is 11.8 Å². The van der Waals surface area contributed by atoms with E-state index in [1.165, 1.54) is 0 Å². The maximum absolute atomic E-state index is 11.6. The first-order valence-corrected chi connectivity index (χ1v) is 6.55. The zero-order valence-corrected chi connectivity index (χ0v) is 12.3. The molecular formula is C15H21N3O2. The molecule has 1 aromatic carbocycles. The van der Waals surface area contributed by atoms with Crippen molar-refractivity contribution in [2.75, 3.05) is 25.5 Å². The Hall–Kier alpha value is -2.06. The quantitative estimate of drug-likeness (QED) is 0.852. The maximum atomic E-state index is 11.6. The van der Waals surface area contributed by atoms with Crippen LogP contribution in [0.5, 0.6) is 0 Å². The first kappa shape index (κ1) is 16.0. The van der Waals surface area contributed by atoms with Crippen molar-refractivity contribution < 1.29 is 9.90 Å². The minimum atomic E-state index is -0.629. The second kappa shape index (κ2) is 6.92. The number of benzene rings is 1. The molecule has 1 unspecified atom stereocenters. The SMILES string of the molecule is CNC(=O)C(C)CN(C)c1cc(C#N)ccc1[C@@H](C)O. The minimum Gasteiger partial charge on any atom is -0.389 e. The lowest BCUT2D eigenvalue weighted by Gasteiger charge is -2.26. The van der Waals surface area contributed by atoms with Gasteiger partial charge in [0.25, 0.3) is 0 Å². The molecule has 0 aromatic heterocycles. The van der Waals surface area contributed by atoms with Gasteiger partial charge in [0.15, 0.2) is 0 Å². The van der Waals surface area contributed by atoms with Crippen LogP contribution in [0.25, 0.3) is 0 Å². The van der Waals surface area contributed by atoms with Crippen LogP contribution in [0.4, 0.5) is 5.69 Å². The van der Waals surface area contributed by atoms with Crippen molar-refractivity contribution in [1.29, 1.82) is 5.26 Å². The van der Waals surface area contributed by atoms with Crippen molar-refractivity contribution in [3.05, 3.63) is 29.3 Å². The molecule has 1 amide bonds. The van der Waals surface area contributed by atoms with Gasteiger partial charge in [0, 0.05) is 31.9 Å². The number of hydrogen-bond acceptors (Lipinski definition) is 4. The summed E-state index contributed by atoms with van der Waals surface area (Å²) in [4.78, 5) is 13.5. The Morgan fingerprint density at radius 2 is 2.15 bits per heavy atom. The van der Waals surface area contributed by atoms with Gasteiger partial charge in [-0.3, -0.25) is 4.79 Å². The number of nitrogens with zero attached hydrogens (tertiary/aromatic N) is 2. The van der Waals surface area contributed by atoms with Crippen LogP contribution < -0.4 is 10.2 Å². The molecule has 5 heteroatoms. The smallest absolute Gasteiger partial charge is 0.224 e. The Morgan fingerprint density at radius 3 is 2.65 bits per heavy atom. The second-order valence-corrected chi connectivity index (χ2v) is 4.96. The lowest BCUT2D eigenvalue weighted by molar-refractivity contribution is -0.123. The molecule has 1 rings (SSSR count). The normalized spacial score (nSPS) is 13.2. The summed E-state index contributed by atoms with van der Waals surface area (Å²) in [6.45, 7) is 4.03. The molecule has 20 heavy (non-hydrogen) atoms. The number of anilines is 1. The van der Waals surface area contributed by atoms with Gasteiger partial charge in [-0.1, -0.05) is 13.0 Å². The highest BCUT2D eigenvalue weighted by Gasteiger charge is 2.17. The maximum Gasteiger partial charge on any atom is 0.224 e. The van der Waals surface area contributed by atoms with E-state index < -0.39 is 6.10 Å². The number of nitriles is 1. The summed E-state index contributed by atoms with van der Waals surface area (Å²) in [6.07, 6.45) is -0.629. The average molecular weight is 275 g/mol. The molecule has 2 N–H and O–H groups in total. The van der Waals surface area contributed by atoms with Crippen molar-refractivity contribution >= 4 is 11.6 Å². The first-order chi connectivity index (χ1) is 9.40. The van der Waals surface area contributed by atoms with E-state index >= 15 is 0 Å². The standard InChI is InChI=1S/C15H21N3O2/c1-10(15(20)17-3)9-18(4)14-7-12(8-16)5-6-13(14)11(2)19/h5-7,10-11,19H,9H2,1-4H3,(H,17,20)/t10?,11-/m1/s1.